The number of methoxy groups -OCH3 is 1. The molecular weight excluding hydrogens is 321 g/mol. The van der Waals surface area contributed by atoms with Gasteiger partial charge < -0.3 is 15.0 Å². The first-order valence-corrected chi connectivity index (χ1v) is 8.00. The summed E-state index contributed by atoms with van der Waals surface area (Å²) >= 11 is 0. The molecule has 0 bridgehead atoms. The Morgan fingerprint density at radius 3 is 2.83 bits per heavy atom. The van der Waals surface area contributed by atoms with Crippen molar-refractivity contribution in [2.45, 2.75) is 25.9 Å². The number of halogens is 3. The number of carbonyl (C=O) groups excluding carboxylic acids is 1. The molecule has 24 heavy (non-hydrogen) atoms. The van der Waals surface area contributed by atoms with Crippen LogP contribution in [0.5, 0.6) is 5.75 Å². The van der Waals surface area contributed by atoms with Gasteiger partial charge in [-0.2, -0.15) is 13.2 Å². The molecule has 2 rings (SSSR count). The number of rotatable bonds is 6. The zero-order valence-electron chi connectivity index (χ0n) is 13.9. The van der Waals surface area contributed by atoms with Crippen LogP contribution >= 0.6 is 0 Å². The maximum absolute atomic E-state index is 12.3. The number of nitrogens with zero attached hydrogens (tertiary/aromatic N) is 1. The van der Waals surface area contributed by atoms with Crippen molar-refractivity contribution in [2.75, 3.05) is 33.3 Å². The Hall–Kier alpha value is -1.76. The number of benzene rings is 1. The fraction of sp³-hybridized carbons (Fsp3) is 0.588. The first kappa shape index (κ1) is 18.6. The van der Waals surface area contributed by atoms with Crippen LogP contribution in [-0.2, 0) is 0 Å². The maximum Gasteiger partial charge on any atom is 0.390 e. The summed E-state index contributed by atoms with van der Waals surface area (Å²) in [5.41, 5.74) is 1.43. The van der Waals surface area contributed by atoms with Crippen LogP contribution < -0.4 is 10.1 Å². The topological polar surface area (TPSA) is 41.6 Å². The lowest BCUT2D eigenvalue weighted by Crippen LogP contribution is -2.32. The Balaban J connectivity index is 1.82. The molecule has 0 aromatic heterocycles. The number of amides is 1. The van der Waals surface area contributed by atoms with Gasteiger partial charge in [-0.1, -0.05) is 11.6 Å². The molecule has 0 radical (unpaired) electrons. The van der Waals surface area contributed by atoms with Crippen molar-refractivity contribution in [1.82, 2.24) is 10.2 Å². The number of aryl methyl sites for hydroxylation is 1. The highest BCUT2D eigenvalue weighted by atomic mass is 19.4. The molecule has 1 amide bonds. The highest BCUT2D eigenvalue weighted by Crippen LogP contribution is 2.23. The number of likely N-dealkylation sites (tertiary alicyclic amines) is 1. The average Bonchev–Trinajstić information content (AvgIpc) is 2.98. The van der Waals surface area contributed by atoms with Gasteiger partial charge in [0, 0.05) is 19.6 Å². The van der Waals surface area contributed by atoms with Crippen LogP contribution in [0, 0.1) is 12.8 Å². The SMILES string of the molecule is COc1ccc(C)cc1C(=O)NC[C@H]1CCN(CCC(F)(F)F)C1. The summed E-state index contributed by atoms with van der Waals surface area (Å²) in [6, 6.07) is 5.38. The molecule has 1 heterocycles. The van der Waals surface area contributed by atoms with E-state index in [2.05, 4.69) is 5.32 Å². The third-order valence-corrected chi connectivity index (χ3v) is 4.23. The molecule has 4 nitrogen and oxygen atoms in total. The van der Waals surface area contributed by atoms with Crippen molar-refractivity contribution in [3.63, 3.8) is 0 Å². The highest BCUT2D eigenvalue weighted by Gasteiger charge is 2.30. The minimum Gasteiger partial charge on any atom is -0.496 e. The fourth-order valence-electron chi connectivity index (χ4n) is 2.90. The largest absolute Gasteiger partial charge is 0.496 e. The molecule has 0 aliphatic carbocycles. The molecule has 1 aromatic rings. The van der Waals surface area contributed by atoms with Gasteiger partial charge in [0.05, 0.1) is 19.1 Å². The van der Waals surface area contributed by atoms with Gasteiger partial charge in [0.1, 0.15) is 5.75 Å². The van der Waals surface area contributed by atoms with Gasteiger partial charge in [-0.3, -0.25) is 4.79 Å². The van der Waals surface area contributed by atoms with Crippen LogP contribution in [0.1, 0.15) is 28.8 Å². The van der Waals surface area contributed by atoms with Gasteiger partial charge >= 0.3 is 6.18 Å². The monoisotopic (exact) mass is 344 g/mol. The van der Waals surface area contributed by atoms with Crippen molar-refractivity contribution in [3.8, 4) is 5.75 Å². The predicted octanol–water partition coefficient (Wildman–Crippen LogP) is 3.01. The van der Waals surface area contributed by atoms with Crippen LogP contribution in [-0.4, -0.2) is 50.3 Å². The summed E-state index contributed by atoms with van der Waals surface area (Å²) in [5.74, 6) is 0.471. The Labute approximate surface area is 140 Å². The third kappa shape index (κ3) is 5.40. The first-order chi connectivity index (χ1) is 11.3. The molecule has 0 unspecified atom stereocenters. The normalized spacial score (nSPS) is 18.6. The second-order valence-electron chi connectivity index (χ2n) is 6.23. The lowest BCUT2D eigenvalue weighted by atomic mass is 10.1. The third-order valence-electron chi connectivity index (χ3n) is 4.23. The Morgan fingerprint density at radius 1 is 1.42 bits per heavy atom. The van der Waals surface area contributed by atoms with E-state index in [9.17, 15) is 18.0 Å². The van der Waals surface area contributed by atoms with Gasteiger partial charge in [-0.25, -0.2) is 0 Å². The van der Waals surface area contributed by atoms with E-state index in [0.29, 0.717) is 30.9 Å². The molecular formula is C17H23F3N2O2. The lowest BCUT2D eigenvalue weighted by molar-refractivity contribution is -0.137. The summed E-state index contributed by atoms with van der Waals surface area (Å²) in [4.78, 5) is 14.1. The number of carbonyl (C=O) groups is 1. The fourth-order valence-corrected chi connectivity index (χ4v) is 2.90. The summed E-state index contributed by atoms with van der Waals surface area (Å²) in [6.45, 7) is 3.61. The lowest BCUT2D eigenvalue weighted by Gasteiger charge is -2.17. The van der Waals surface area contributed by atoms with Crippen LogP contribution in [0.4, 0.5) is 13.2 Å². The number of alkyl halides is 3. The van der Waals surface area contributed by atoms with Gasteiger partial charge in [-0.05, 0) is 37.9 Å². The molecule has 7 heteroatoms. The summed E-state index contributed by atoms with van der Waals surface area (Å²) in [5, 5.41) is 2.87. The quantitative estimate of drug-likeness (QED) is 0.863. The standard InChI is InChI=1S/C17H23F3N2O2/c1-12-3-4-15(24-2)14(9-12)16(23)21-10-13-5-7-22(11-13)8-6-17(18,19)20/h3-4,9,13H,5-8,10-11H2,1-2H3,(H,21,23)/t13-/m1/s1. The van der Waals surface area contributed by atoms with Crippen LogP contribution in [0.15, 0.2) is 18.2 Å². The van der Waals surface area contributed by atoms with E-state index in [1.54, 1.807) is 17.0 Å². The van der Waals surface area contributed by atoms with Crippen molar-refractivity contribution in [3.05, 3.63) is 29.3 Å². The number of nitrogens with one attached hydrogen (secondary N) is 1. The van der Waals surface area contributed by atoms with Crippen molar-refractivity contribution < 1.29 is 22.7 Å². The minimum absolute atomic E-state index is 0.0274. The van der Waals surface area contributed by atoms with E-state index in [1.807, 2.05) is 13.0 Å². The molecule has 1 aliphatic rings. The number of hydrogen-bond acceptors (Lipinski definition) is 3. The van der Waals surface area contributed by atoms with E-state index in [-0.39, 0.29) is 18.4 Å². The highest BCUT2D eigenvalue weighted by molar-refractivity contribution is 5.97. The predicted molar refractivity (Wildman–Crippen MR) is 85.3 cm³/mol. The van der Waals surface area contributed by atoms with Gasteiger partial charge in [0.2, 0.25) is 0 Å². The number of ether oxygens (including phenoxy) is 1. The molecule has 1 saturated heterocycles. The van der Waals surface area contributed by atoms with Gasteiger partial charge in [-0.15, -0.1) is 0 Å². The molecule has 0 spiro atoms. The van der Waals surface area contributed by atoms with E-state index >= 15 is 0 Å². The van der Waals surface area contributed by atoms with Crippen LogP contribution in [0.3, 0.4) is 0 Å². The molecule has 134 valence electrons. The molecule has 0 saturated carbocycles. The van der Waals surface area contributed by atoms with E-state index < -0.39 is 12.6 Å². The van der Waals surface area contributed by atoms with E-state index in [0.717, 1.165) is 12.0 Å². The van der Waals surface area contributed by atoms with Gasteiger partial charge in [0.15, 0.2) is 0 Å². The molecule has 1 aliphatic heterocycles. The Morgan fingerprint density at radius 2 is 2.17 bits per heavy atom. The Kier molecular flexibility index (Phi) is 6.10. The molecule has 1 N–H and O–H groups in total. The average molecular weight is 344 g/mol. The minimum atomic E-state index is -4.12. The zero-order chi connectivity index (χ0) is 17.7. The maximum atomic E-state index is 12.3. The zero-order valence-corrected chi connectivity index (χ0v) is 13.9. The van der Waals surface area contributed by atoms with Crippen molar-refractivity contribution >= 4 is 5.91 Å². The summed E-state index contributed by atoms with van der Waals surface area (Å²) < 4.78 is 42.0. The second kappa shape index (κ2) is 7.88. The number of hydrogen-bond donors (Lipinski definition) is 1. The van der Waals surface area contributed by atoms with Crippen molar-refractivity contribution in [1.29, 1.82) is 0 Å². The van der Waals surface area contributed by atoms with Gasteiger partial charge in [0.25, 0.3) is 5.91 Å². The smallest absolute Gasteiger partial charge is 0.390 e. The van der Waals surface area contributed by atoms with E-state index in [4.69, 9.17) is 4.74 Å². The second-order valence-corrected chi connectivity index (χ2v) is 6.23. The summed E-state index contributed by atoms with van der Waals surface area (Å²) in [7, 11) is 1.51. The van der Waals surface area contributed by atoms with Crippen LogP contribution in [0.25, 0.3) is 0 Å². The van der Waals surface area contributed by atoms with E-state index in [1.165, 1.54) is 7.11 Å². The summed E-state index contributed by atoms with van der Waals surface area (Å²) in [6.07, 6.45) is -4.11. The van der Waals surface area contributed by atoms with Crippen LogP contribution in [0.2, 0.25) is 0 Å². The Bertz CT molecular complexity index is 575. The van der Waals surface area contributed by atoms with Crippen molar-refractivity contribution in [2.24, 2.45) is 5.92 Å². The molecule has 1 atom stereocenters. The molecule has 1 aromatic carbocycles. The molecule has 1 fully saturated rings. The first-order valence-electron chi connectivity index (χ1n) is 8.00.